The van der Waals surface area contributed by atoms with E-state index < -0.39 is 9.84 Å². The maximum atomic E-state index is 11.6. The van der Waals surface area contributed by atoms with Gasteiger partial charge in [-0.25, -0.2) is 13.4 Å². The van der Waals surface area contributed by atoms with Crippen molar-refractivity contribution in [1.82, 2.24) is 19.6 Å². The zero-order valence-corrected chi connectivity index (χ0v) is 12.2. The SMILES string of the molecule is Cc1cc(Oc2cccc(S(C)(=O)=O)c2)n2ncnc2n1. The molecule has 0 bridgehead atoms. The number of aromatic nitrogens is 4. The summed E-state index contributed by atoms with van der Waals surface area (Å²) in [5.41, 5.74) is 0.727. The van der Waals surface area contributed by atoms with Crippen LogP contribution in [0.1, 0.15) is 5.69 Å². The molecule has 0 saturated heterocycles. The number of benzene rings is 1. The van der Waals surface area contributed by atoms with Crippen LogP contribution in [-0.4, -0.2) is 34.3 Å². The van der Waals surface area contributed by atoms with Gasteiger partial charge < -0.3 is 4.74 Å². The van der Waals surface area contributed by atoms with Crippen molar-refractivity contribution in [3.63, 3.8) is 0 Å². The molecule has 0 saturated carbocycles. The summed E-state index contributed by atoms with van der Waals surface area (Å²) in [6.07, 6.45) is 2.53. The predicted octanol–water partition coefficient (Wildman–Crippen LogP) is 1.63. The van der Waals surface area contributed by atoms with Crippen LogP contribution in [0.4, 0.5) is 0 Å². The first kappa shape index (κ1) is 13.5. The van der Waals surface area contributed by atoms with Gasteiger partial charge in [-0.15, -0.1) is 0 Å². The lowest BCUT2D eigenvalue weighted by Crippen LogP contribution is -2.00. The number of nitrogens with zero attached hydrogens (tertiary/aromatic N) is 4. The Kier molecular flexibility index (Phi) is 3.09. The van der Waals surface area contributed by atoms with Gasteiger partial charge in [0, 0.05) is 18.0 Å². The number of sulfone groups is 1. The number of fused-ring (bicyclic) bond motifs is 1. The summed E-state index contributed by atoms with van der Waals surface area (Å²) in [6.45, 7) is 1.81. The van der Waals surface area contributed by atoms with Gasteiger partial charge >= 0.3 is 0 Å². The van der Waals surface area contributed by atoms with Gasteiger partial charge in [0.25, 0.3) is 5.78 Å². The molecule has 0 unspecified atom stereocenters. The second-order valence-electron chi connectivity index (χ2n) is 4.56. The van der Waals surface area contributed by atoms with E-state index in [0.717, 1.165) is 11.9 Å². The van der Waals surface area contributed by atoms with Crippen molar-refractivity contribution < 1.29 is 13.2 Å². The van der Waals surface area contributed by atoms with Crippen LogP contribution < -0.4 is 4.74 Å². The molecule has 0 fully saturated rings. The normalized spacial score (nSPS) is 11.7. The zero-order valence-electron chi connectivity index (χ0n) is 11.4. The first-order valence-corrected chi connectivity index (χ1v) is 7.98. The van der Waals surface area contributed by atoms with Crippen LogP contribution in [0.15, 0.2) is 41.6 Å². The van der Waals surface area contributed by atoms with Crippen LogP contribution in [0.3, 0.4) is 0 Å². The van der Waals surface area contributed by atoms with Crippen molar-refractivity contribution >= 4 is 15.6 Å². The summed E-state index contributed by atoms with van der Waals surface area (Å²) in [5, 5.41) is 4.03. The molecule has 0 aliphatic rings. The van der Waals surface area contributed by atoms with Crippen molar-refractivity contribution in [2.24, 2.45) is 0 Å². The number of hydrogen-bond acceptors (Lipinski definition) is 6. The first-order valence-electron chi connectivity index (χ1n) is 6.09. The van der Waals surface area contributed by atoms with Gasteiger partial charge in [-0.05, 0) is 25.1 Å². The fraction of sp³-hybridized carbons (Fsp3) is 0.154. The highest BCUT2D eigenvalue weighted by atomic mass is 32.2. The standard InChI is InChI=1S/C13H12N4O3S/c1-9-6-12(17-13(16-9)14-8-15-17)20-10-4-3-5-11(7-10)21(2,18)19/h3-8H,1-2H3. The average molecular weight is 304 g/mol. The lowest BCUT2D eigenvalue weighted by atomic mass is 10.3. The smallest absolute Gasteiger partial charge is 0.255 e. The Morgan fingerprint density at radius 1 is 1.24 bits per heavy atom. The third kappa shape index (κ3) is 2.70. The van der Waals surface area contributed by atoms with Crippen molar-refractivity contribution in [1.29, 1.82) is 0 Å². The highest BCUT2D eigenvalue weighted by Gasteiger charge is 2.11. The molecule has 0 atom stereocenters. The molecule has 0 spiro atoms. The van der Waals surface area contributed by atoms with Crippen molar-refractivity contribution in [2.45, 2.75) is 11.8 Å². The number of hydrogen-bond donors (Lipinski definition) is 0. The molecule has 1 aromatic carbocycles. The molecule has 3 rings (SSSR count). The van der Waals surface area contributed by atoms with Crippen LogP contribution in [0.25, 0.3) is 5.78 Å². The van der Waals surface area contributed by atoms with Crippen LogP contribution in [0.5, 0.6) is 11.6 Å². The molecule has 21 heavy (non-hydrogen) atoms. The molecule has 0 aliphatic carbocycles. The van der Waals surface area contributed by atoms with Gasteiger partial charge in [0.05, 0.1) is 4.90 Å². The monoisotopic (exact) mass is 304 g/mol. The van der Waals surface area contributed by atoms with E-state index >= 15 is 0 Å². The van der Waals surface area contributed by atoms with E-state index in [0.29, 0.717) is 17.4 Å². The largest absolute Gasteiger partial charge is 0.439 e. The Morgan fingerprint density at radius 3 is 2.81 bits per heavy atom. The highest BCUT2D eigenvalue weighted by molar-refractivity contribution is 7.90. The summed E-state index contributed by atoms with van der Waals surface area (Å²) in [7, 11) is -3.28. The molecular formula is C13H12N4O3S. The first-order chi connectivity index (χ1) is 9.93. The Hall–Kier alpha value is -2.48. The summed E-state index contributed by atoms with van der Waals surface area (Å²) in [6, 6.07) is 7.99. The summed E-state index contributed by atoms with van der Waals surface area (Å²) in [5.74, 6) is 1.24. The van der Waals surface area contributed by atoms with E-state index in [1.54, 1.807) is 18.2 Å². The third-order valence-electron chi connectivity index (χ3n) is 2.80. The van der Waals surface area contributed by atoms with Crippen molar-refractivity contribution in [3.05, 3.63) is 42.4 Å². The molecule has 2 heterocycles. The minimum atomic E-state index is -3.28. The Labute approximate surface area is 121 Å². The third-order valence-corrected chi connectivity index (χ3v) is 3.91. The van der Waals surface area contributed by atoms with E-state index in [4.69, 9.17) is 4.74 Å². The van der Waals surface area contributed by atoms with Crippen LogP contribution >= 0.6 is 0 Å². The maximum Gasteiger partial charge on any atom is 0.255 e. The van der Waals surface area contributed by atoms with Crippen molar-refractivity contribution in [3.8, 4) is 11.6 Å². The van der Waals surface area contributed by atoms with Crippen LogP contribution in [0, 0.1) is 6.92 Å². The highest BCUT2D eigenvalue weighted by Crippen LogP contribution is 2.24. The lowest BCUT2D eigenvalue weighted by Gasteiger charge is -2.08. The van der Waals surface area contributed by atoms with Gasteiger partial charge in [0.2, 0.25) is 5.88 Å². The molecule has 0 aliphatic heterocycles. The van der Waals surface area contributed by atoms with E-state index in [2.05, 4.69) is 15.1 Å². The quantitative estimate of drug-likeness (QED) is 0.731. The van der Waals surface area contributed by atoms with Crippen LogP contribution in [-0.2, 0) is 9.84 Å². The number of ether oxygens (including phenoxy) is 1. The molecule has 3 aromatic rings. The molecule has 7 nitrogen and oxygen atoms in total. The predicted molar refractivity (Wildman–Crippen MR) is 75.1 cm³/mol. The Morgan fingerprint density at radius 2 is 2.05 bits per heavy atom. The molecule has 0 amide bonds. The molecule has 108 valence electrons. The van der Waals surface area contributed by atoms with Crippen LogP contribution in [0.2, 0.25) is 0 Å². The van der Waals surface area contributed by atoms with E-state index in [1.165, 1.54) is 23.0 Å². The summed E-state index contributed by atoms with van der Waals surface area (Å²) < 4.78 is 30.3. The second kappa shape index (κ2) is 4.81. The van der Waals surface area contributed by atoms with Gasteiger partial charge in [-0.2, -0.15) is 14.6 Å². The molecule has 0 N–H and O–H groups in total. The Bertz CT molecular complexity index is 918. The van der Waals surface area contributed by atoms with Gasteiger partial charge in [-0.1, -0.05) is 6.07 Å². The van der Waals surface area contributed by atoms with Crippen molar-refractivity contribution in [2.75, 3.05) is 6.26 Å². The van der Waals surface area contributed by atoms with E-state index in [1.807, 2.05) is 6.92 Å². The summed E-state index contributed by atoms with van der Waals surface area (Å²) in [4.78, 5) is 8.41. The molecular weight excluding hydrogens is 292 g/mol. The van der Waals surface area contributed by atoms with E-state index in [9.17, 15) is 8.42 Å². The minimum Gasteiger partial charge on any atom is -0.439 e. The minimum absolute atomic E-state index is 0.195. The number of rotatable bonds is 3. The fourth-order valence-corrected chi connectivity index (χ4v) is 2.51. The fourth-order valence-electron chi connectivity index (χ4n) is 1.86. The lowest BCUT2D eigenvalue weighted by molar-refractivity contribution is 0.444. The van der Waals surface area contributed by atoms with Gasteiger partial charge in [-0.3, -0.25) is 0 Å². The zero-order chi connectivity index (χ0) is 15.0. The molecule has 2 aromatic heterocycles. The molecule has 8 heteroatoms. The molecule has 0 radical (unpaired) electrons. The topological polar surface area (TPSA) is 86.5 Å². The number of aryl methyl sites for hydroxylation is 1. The maximum absolute atomic E-state index is 11.6. The average Bonchev–Trinajstić information content (AvgIpc) is 2.86. The Balaban J connectivity index is 2.05. The van der Waals surface area contributed by atoms with Gasteiger partial charge in [0.1, 0.15) is 12.1 Å². The van der Waals surface area contributed by atoms with Gasteiger partial charge in [0.15, 0.2) is 9.84 Å². The van der Waals surface area contributed by atoms with E-state index in [-0.39, 0.29) is 4.90 Å². The summed E-state index contributed by atoms with van der Waals surface area (Å²) >= 11 is 0. The second-order valence-corrected chi connectivity index (χ2v) is 6.57.